The fourth-order valence-corrected chi connectivity index (χ4v) is 3.65. The normalized spacial score (nSPS) is 14.3. The summed E-state index contributed by atoms with van der Waals surface area (Å²) in [4.78, 5) is 0.0680. The second kappa shape index (κ2) is 4.96. The largest absolute Gasteiger partial charge is 0.492 e. The maximum Gasteiger partial charge on any atom is 0.266 e. The Balaban J connectivity index is 2.07. The predicted molar refractivity (Wildman–Crippen MR) is 78.7 cm³/mol. The van der Waals surface area contributed by atoms with Gasteiger partial charge >= 0.3 is 0 Å². The summed E-state index contributed by atoms with van der Waals surface area (Å²) in [5.41, 5.74) is 7.05. The van der Waals surface area contributed by atoms with Crippen molar-refractivity contribution in [2.45, 2.75) is 17.7 Å². The van der Waals surface area contributed by atoms with E-state index in [1.54, 1.807) is 19.2 Å². The van der Waals surface area contributed by atoms with Gasteiger partial charge in [-0.15, -0.1) is 0 Å². The van der Waals surface area contributed by atoms with Gasteiger partial charge in [-0.1, -0.05) is 0 Å². The van der Waals surface area contributed by atoms with Gasteiger partial charge in [0.15, 0.2) is 0 Å². The van der Waals surface area contributed by atoms with Crippen molar-refractivity contribution >= 4 is 21.5 Å². The molecular weight excluding hydrogens is 292 g/mol. The molecule has 0 atom stereocenters. The van der Waals surface area contributed by atoms with Gasteiger partial charge in [0, 0.05) is 18.8 Å². The molecule has 0 amide bonds. The Morgan fingerprint density at radius 3 is 2.95 bits per heavy atom. The van der Waals surface area contributed by atoms with E-state index in [2.05, 4.69) is 9.82 Å². The van der Waals surface area contributed by atoms with Crippen molar-refractivity contribution in [2.75, 3.05) is 17.1 Å². The van der Waals surface area contributed by atoms with Gasteiger partial charge in [0.25, 0.3) is 10.0 Å². The van der Waals surface area contributed by atoms with E-state index in [-0.39, 0.29) is 4.90 Å². The van der Waals surface area contributed by atoms with Crippen molar-refractivity contribution in [2.24, 2.45) is 7.05 Å². The van der Waals surface area contributed by atoms with Crippen LogP contribution in [-0.4, -0.2) is 24.8 Å². The van der Waals surface area contributed by atoms with Gasteiger partial charge in [0.2, 0.25) is 0 Å². The van der Waals surface area contributed by atoms with Gasteiger partial charge < -0.3 is 10.5 Å². The minimum atomic E-state index is -3.79. The van der Waals surface area contributed by atoms with E-state index in [0.29, 0.717) is 23.9 Å². The van der Waals surface area contributed by atoms with E-state index in [1.807, 2.05) is 0 Å². The van der Waals surface area contributed by atoms with Crippen molar-refractivity contribution in [1.29, 1.82) is 0 Å². The first-order chi connectivity index (χ1) is 9.97. The molecule has 0 fully saturated rings. The van der Waals surface area contributed by atoms with Gasteiger partial charge in [-0.25, -0.2) is 8.42 Å². The summed E-state index contributed by atoms with van der Waals surface area (Å²) in [6, 6.07) is 4.76. The van der Waals surface area contributed by atoms with Crippen LogP contribution in [0.5, 0.6) is 5.75 Å². The number of nitrogen functional groups attached to an aromatic ring is 1. The number of ether oxygens (including phenoxy) is 1. The number of anilines is 2. The molecule has 1 aliphatic heterocycles. The van der Waals surface area contributed by atoms with E-state index >= 15 is 0 Å². The lowest BCUT2D eigenvalue weighted by molar-refractivity contribution is 0.280. The van der Waals surface area contributed by atoms with Crippen LogP contribution in [0.25, 0.3) is 0 Å². The number of aromatic nitrogens is 2. The number of aryl methyl sites for hydroxylation is 2. The second-order valence-electron chi connectivity index (χ2n) is 4.90. The summed E-state index contributed by atoms with van der Waals surface area (Å²) < 4.78 is 34.7. The molecule has 0 radical (unpaired) electrons. The molecule has 21 heavy (non-hydrogen) atoms. The first-order valence-corrected chi connectivity index (χ1v) is 8.02. The van der Waals surface area contributed by atoms with Gasteiger partial charge in [0.05, 0.1) is 12.8 Å². The van der Waals surface area contributed by atoms with E-state index in [4.69, 9.17) is 10.5 Å². The third-order valence-corrected chi connectivity index (χ3v) is 4.70. The highest BCUT2D eigenvalue weighted by Crippen LogP contribution is 2.35. The van der Waals surface area contributed by atoms with E-state index in [9.17, 15) is 8.42 Å². The molecule has 0 unspecified atom stereocenters. The lowest BCUT2D eigenvalue weighted by Gasteiger charge is -2.21. The molecule has 8 heteroatoms. The summed E-state index contributed by atoms with van der Waals surface area (Å²) in [6.07, 6.45) is 3.13. The molecule has 0 saturated heterocycles. The Hall–Kier alpha value is -2.22. The molecule has 0 spiro atoms. The number of hydrogen-bond donors (Lipinski definition) is 2. The van der Waals surface area contributed by atoms with Crippen LogP contribution in [0.4, 0.5) is 11.5 Å². The van der Waals surface area contributed by atoms with Crippen molar-refractivity contribution < 1.29 is 13.2 Å². The quantitative estimate of drug-likeness (QED) is 0.828. The highest BCUT2D eigenvalue weighted by Gasteiger charge is 2.25. The monoisotopic (exact) mass is 308 g/mol. The van der Waals surface area contributed by atoms with Crippen LogP contribution in [0, 0.1) is 0 Å². The molecule has 0 bridgehead atoms. The Morgan fingerprint density at radius 2 is 2.24 bits per heavy atom. The lowest BCUT2D eigenvalue weighted by atomic mass is 10.1. The van der Waals surface area contributed by atoms with Crippen LogP contribution in [0.15, 0.2) is 29.3 Å². The van der Waals surface area contributed by atoms with Crippen LogP contribution >= 0.6 is 0 Å². The lowest BCUT2D eigenvalue weighted by Crippen LogP contribution is -2.19. The highest BCUT2D eigenvalue weighted by atomic mass is 32.2. The highest BCUT2D eigenvalue weighted by molar-refractivity contribution is 7.92. The zero-order chi connectivity index (χ0) is 15.0. The summed E-state index contributed by atoms with van der Waals surface area (Å²) in [5.74, 6) is 0.770. The number of hydrogen-bond acceptors (Lipinski definition) is 5. The van der Waals surface area contributed by atoms with Gasteiger partial charge in [-0.3, -0.25) is 9.40 Å². The summed E-state index contributed by atoms with van der Waals surface area (Å²) in [6.45, 7) is 0.505. The fraction of sp³-hybridized carbons (Fsp3) is 0.308. The third kappa shape index (κ3) is 2.54. The SMILES string of the molecule is Cn1nccc1NS(=O)(=O)c1cc(N)cc2c1OCCC2. The fourth-order valence-electron chi connectivity index (χ4n) is 2.34. The first-order valence-electron chi connectivity index (χ1n) is 6.53. The summed E-state index contributed by atoms with van der Waals surface area (Å²) >= 11 is 0. The first kappa shape index (κ1) is 13.7. The second-order valence-corrected chi connectivity index (χ2v) is 6.56. The van der Waals surface area contributed by atoms with Crippen LogP contribution < -0.4 is 15.2 Å². The Bertz CT molecular complexity index is 783. The summed E-state index contributed by atoms with van der Waals surface area (Å²) in [5, 5.41) is 3.93. The Morgan fingerprint density at radius 1 is 1.43 bits per heavy atom. The van der Waals surface area contributed by atoms with Crippen molar-refractivity contribution in [3.8, 4) is 5.75 Å². The van der Waals surface area contributed by atoms with Crippen molar-refractivity contribution in [1.82, 2.24) is 9.78 Å². The average Bonchev–Trinajstić information content (AvgIpc) is 2.82. The molecule has 7 nitrogen and oxygen atoms in total. The van der Waals surface area contributed by atoms with Gasteiger partial charge in [-0.2, -0.15) is 5.10 Å². The number of sulfonamides is 1. The molecule has 1 aromatic carbocycles. The molecule has 3 N–H and O–H groups in total. The number of fused-ring (bicyclic) bond motifs is 1. The number of benzene rings is 1. The zero-order valence-corrected chi connectivity index (χ0v) is 12.4. The van der Waals surface area contributed by atoms with Gasteiger partial charge in [-0.05, 0) is 30.5 Å². The van der Waals surface area contributed by atoms with E-state index < -0.39 is 10.0 Å². The third-order valence-electron chi connectivity index (χ3n) is 3.34. The minimum Gasteiger partial charge on any atom is -0.492 e. The van der Waals surface area contributed by atoms with E-state index in [0.717, 1.165) is 18.4 Å². The molecule has 0 saturated carbocycles. The van der Waals surface area contributed by atoms with Crippen LogP contribution in [-0.2, 0) is 23.5 Å². The number of rotatable bonds is 3. The number of nitrogens with one attached hydrogen (secondary N) is 1. The van der Waals surface area contributed by atoms with E-state index in [1.165, 1.54) is 16.9 Å². The minimum absolute atomic E-state index is 0.0680. The molecule has 0 aliphatic carbocycles. The average molecular weight is 308 g/mol. The molecule has 2 heterocycles. The van der Waals surface area contributed by atoms with Crippen LogP contribution in [0.2, 0.25) is 0 Å². The maximum atomic E-state index is 12.6. The molecule has 1 aromatic heterocycles. The molecular formula is C13H16N4O3S. The Kier molecular flexibility index (Phi) is 3.25. The number of nitrogens with zero attached hydrogens (tertiary/aromatic N) is 2. The smallest absolute Gasteiger partial charge is 0.266 e. The molecule has 1 aliphatic rings. The molecule has 112 valence electrons. The Labute approximate surface area is 122 Å². The summed E-state index contributed by atoms with van der Waals surface area (Å²) in [7, 11) is -2.13. The standard InChI is InChI=1S/C13H16N4O3S/c1-17-12(4-5-15-17)16-21(18,19)11-8-10(14)7-9-3-2-6-20-13(9)11/h4-5,7-8,16H,2-3,6,14H2,1H3. The van der Waals surface area contributed by atoms with Crippen LogP contribution in [0.1, 0.15) is 12.0 Å². The van der Waals surface area contributed by atoms with Crippen molar-refractivity contribution in [3.63, 3.8) is 0 Å². The molecule has 2 aromatic rings. The van der Waals surface area contributed by atoms with Crippen molar-refractivity contribution in [3.05, 3.63) is 30.0 Å². The predicted octanol–water partition coefficient (Wildman–Crippen LogP) is 1.13. The van der Waals surface area contributed by atoms with Gasteiger partial charge in [0.1, 0.15) is 16.5 Å². The number of nitrogens with two attached hydrogens (primary N) is 1. The van der Waals surface area contributed by atoms with Crippen LogP contribution in [0.3, 0.4) is 0 Å². The zero-order valence-electron chi connectivity index (χ0n) is 11.5. The maximum absolute atomic E-state index is 12.6. The molecule has 3 rings (SSSR count). The topological polar surface area (TPSA) is 99.2 Å².